The lowest BCUT2D eigenvalue weighted by molar-refractivity contribution is 0.252. The van der Waals surface area contributed by atoms with E-state index < -0.39 is 0 Å². The number of nitrogens with zero attached hydrogens (tertiary/aromatic N) is 1. The van der Waals surface area contributed by atoms with Gasteiger partial charge in [-0.05, 0) is 42.1 Å². The molecule has 0 aliphatic carbocycles. The molecule has 0 unspecified atom stereocenters. The molecule has 0 atom stereocenters. The maximum atomic E-state index is 12.5. The van der Waals surface area contributed by atoms with Crippen molar-refractivity contribution in [1.82, 2.24) is 9.88 Å². The maximum Gasteiger partial charge on any atom is 0.319 e. The molecule has 2 heterocycles. The lowest BCUT2D eigenvalue weighted by Crippen LogP contribution is -2.28. The molecule has 0 radical (unpaired) electrons. The van der Waals surface area contributed by atoms with Gasteiger partial charge in [0.05, 0.1) is 21.3 Å². The van der Waals surface area contributed by atoms with Crippen LogP contribution in [0.5, 0.6) is 0 Å². The van der Waals surface area contributed by atoms with Crippen molar-refractivity contribution in [2.45, 2.75) is 13.5 Å². The minimum atomic E-state index is -0.282. The molecular weight excluding hydrogens is 390 g/mol. The summed E-state index contributed by atoms with van der Waals surface area (Å²) in [5.74, 6) is 0. The van der Waals surface area contributed by atoms with Gasteiger partial charge in [0.25, 0.3) is 0 Å². The first-order valence-corrected chi connectivity index (χ1v) is 10.2. The van der Waals surface area contributed by atoms with Crippen molar-refractivity contribution in [2.24, 2.45) is 7.05 Å². The smallest absolute Gasteiger partial charge is 0.319 e. The number of carbonyl (C=O) groups is 1. The first-order chi connectivity index (χ1) is 13.5. The molecule has 142 valence electrons. The third kappa shape index (κ3) is 3.51. The van der Waals surface area contributed by atoms with Gasteiger partial charge in [0.15, 0.2) is 0 Å². The molecule has 0 bridgehead atoms. The van der Waals surface area contributed by atoms with E-state index in [1.165, 1.54) is 4.88 Å². The summed E-state index contributed by atoms with van der Waals surface area (Å²) in [6.45, 7) is 2.38. The number of thiophene rings is 1. The van der Waals surface area contributed by atoms with Crippen LogP contribution in [0.1, 0.15) is 11.1 Å². The van der Waals surface area contributed by atoms with Crippen LogP contribution in [-0.4, -0.2) is 10.6 Å². The summed E-state index contributed by atoms with van der Waals surface area (Å²) in [5, 5.41) is 9.54. The first kappa shape index (κ1) is 18.6. The Morgan fingerprint density at radius 1 is 1.14 bits per heavy atom. The summed E-state index contributed by atoms with van der Waals surface area (Å²) >= 11 is 7.91. The number of fused-ring (bicyclic) bond motifs is 1. The summed E-state index contributed by atoms with van der Waals surface area (Å²) < 4.78 is 2.19. The molecule has 0 aliphatic rings. The van der Waals surface area contributed by atoms with Gasteiger partial charge in [0.1, 0.15) is 0 Å². The van der Waals surface area contributed by atoms with Gasteiger partial charge >= 0.3 is 6.03 Å². The highest BCUT2D eigenvalue weighted by atomic mass is 35.5. The zero-order valence-corrected chi connectivity index (χ0v) is 17.2. The number of hydrogen-bond donors (Lipinski definition) is 2. The Morgan fingerprint density at radius 2 is 1.96 bits per heavy atom. The number of benzene rings is 2. The van der Waals surface area contributed by atoms with Gasteiger partial charge in [-0.25, -0.2) is 4.79 Å². The van der Waals surface area contributed by atoms with E-state index in [1.807, 2.05) is 43.3 Å². The summed E-state index contributed by atoms with van der Waals surface area (Å²) in [6, 6.07) is 17.7. The summed E-state index contributed by atoms with van der Waals surface area (Å²) in [5.41, 5.74) is 5.02. The predicted octanol–water partition coefficient (Wildman–Crippen LogP) is 6.19. The molecule has 2 aromatic heterocycles. The van der Waals surface area contributed by atoms with Gasteiger partial charge < -0.3 is 15.2 Å². The molecule has 0 spiro atoms. The van der Waals surface area contributed by atoms with Crippen LogP contribution >= 0.6 is 22.9 Å². The SMILES string of the molecule is Cc1ccc(NC(=O)NCc2c(-c3cccs3)n(C)c3ccccc23)c(Cl)c1. The zero-order chi connectivity index (χ0) is 19.7. The van der Waals surface area contributed by atoms with Crippen molar-refractivity contribution in [2.75, 3.05) is 5.32 Å². The Bertz CT molecular complexity index is 1150. The van der Waals surface area contributed by atoms with Crippen molar-refractivity contribution < 1.29 is 4.79 Å². The van der Waals surface area contributed by atoms with Crippen LogP contribution in [0.4, 0.5) is 10.5 Å². The molecule has 4 aromatic rings. The molecule has 0 fully saturated rings. The second kappa shape index (κ2) is 7.70. The average Bonchev–Trinajstić information content (AvgIpc) is 3.29. The zero-order valence-electron chi connectivity index (χ0n) is 15.6. The fourth-order valence-corrected chi connectivity index (χ4v) is 4.55. The molecule has 28 heavy (non-hydrogen) atoms. The molecule has 0 saturated carbocycles. The standard InChI is InChI=1S/C22H20ClN3OS/c1-14-9-10-18(17(23)12-14)25-22(27)24-13-16-15-6-3-4-7-19(15)26(2)21(16)20-8-5-11-28-20/h3-12H,13H2,1-2H3,(H2,24,25,27). The molecular formula is C22H20ClN3OS. The van der Waals surface area contributed by atoms with E-state index in [0.717, 1.165) is 27.7 Å². The molecule has 2 amide bonds. The number of nitrogens with one attached hydrogen (secondary N) is 2. The van der Waals surface area contributed by atoms with E-state index in [9.17, 15) is 4.79 Å². The van der Waals surface area contributed by atoms with Crippen LogP contribution in [0.3, 0.4) is 0 Å². The number of rotatable bonds is 4. The van der Waals surface area contributed by atoms with Gasteiger partial charge in [-0.3, -0.25) is 0 Å². The van der Waals surface area contributed by atoms with Crippen molar-refractivity contribution in [1.29, 1.82) is 0 Å². The van der Waals surface area contributed by atoms with Crippen molar-refractivity contribution in [3.63, 3.8) is 0 Å². The molecule has 4 rings (SSSR count). The quantitative estimate of drug-likeness (QED) is 0.414. The van der Waals surface area contributed by atoms with E-state index in [4.69, 9.17) is 11.6 Å². The molecule has 4 nitrogen and oxygen atoms in total. The van der Waals surface area contributed by atoms with Gasteiger partial charge in [-0.15, -0.1) is 11.3 Å². The Hall–Kier alpha value is -2.76. The second-order valence-corrected chi connectivity index (χ2v) is 8.03. The third-order valence-electron chi connectivity index (χ3n) is 4.76. The summed E-state index contributed by atoms with van der Waals surface area (Å²) in [4.78, 5) is 13.7. The van der Waals surface area contributed by atoms with Gasteiger partial charge in [-0.2, -0.15) is 0 Å². The van der Waals surface area contributed by atoms with Crippen LogP contribution in [0.2, 0.25) is 5.02 Å². The minimum Gasteiger partial charge on any atom is -0.343 e. The van der Waals surface area contributed by atoms with Crippen molar-refractivity contribution >= 4 is 45.6 Å². The maximum absolute atomic E-state index is 12.5. The number of aromatic nitrogens is 1. The molecule has 0 saturated heterocycles. The molecule has 2 N–H and O–H groups in total. The third-order valence-corrected chi connectivity index (χ3v) is 5.95. The number of hydrogen-bond acceptors (Lipinski definition) is 2. The van der Waals surface area contributed by atoms with Crippen molar-refractivity contribution in [3.05, 3.63) is 76.1 Å². The minimum absolute atomic E-state index is 0.282. The van der Waals surface area contributed by atoms with Crippen molar-refractivity contribution in [3.8, 4) is 10.6 Å². The number of amides is 2. The number of halogens is 1. The first-order valence-electron chi connectivity index (χ1n) is 8.96. The number of anilines is 1. The Balaban J connectivity index is 1.61. The Kier molecular flexibility index (Phi) is 5.11. The molecule has 6 heteroatoms. The highest BCUT2D eigenvalue weighted by Crippen LogP contribution is 2.35. The highest BCUT2D eigenvalue weighted by Gasteiger charge is 2.18. The van der Waals surface area contributed by atoms with E-state index in [2.05, 4.69) is 45.8 Å². The topological polar surface area (TPSA) is 46.1 Å². The lowest BCUT2D eigenvalue weighted by atomic mass is 10.1. The fourth-order valence-electron chi connectivity index (χ4n) is 3.43. The molecule has 0 aliphatic heterocycles. The van der Waals surface area contributed by atoms with Crippen LogP contribution in [-0.2, 0) is 13.6 Å². The Morgan fingerprint density at radius 3 is 2.71 bits per heavy atom. The number of urea groups is 1. The monoisotopic (exact) mass is 409 g/mol. The number of aryl methyl sites for hydroxylation is 2. The van der Waals surface area contributed by atoms with E-state index in [0.29, 0.717) is 17.3 Å². The summed E-state index contributed by atoms with van der Waals surface area (Å²) in [6.07, 6.45) is 0. The summed E-state index contributed by atoms with van der Waals surface area (Å²) in [7, 11) is 2.06. The van der Waals surface area contributed by atoms with Crippen LogP contribution in [0.25, 0.3) is 21.5 Å². The van der Waals surface area contributed by atoms with E-state index in [1.54, 1.807) is 11.3 Å². The predicted molar refractivity (Wildman–Crippen MR) is 118 cm³/mol. The number of para-hydroxylation sites is 1. The molecule has 2 aromatic carbocycles. The van der Waals surface area contributed by atoms with E-state index >= 15 is 0 Å². The largest absolute Gasteiger partial charge is 0.343 e. The second-order valence-electron chi connectivity index (χ2n) is 6.67. The Labute approximate surface area is 172 Å². The van der Waals surface area contributed by atoms with Crippen LogP contribution in [0, 0.1) is 6.92 Å². The fraction of sp³-hybridized carbons (Fsp3) is 0.136. The van der Waals surface area contributed by atoms with Gasteiger partial charge in [0, 0.05) is 30.1 Å². The number of carbonyl (C=O) groups excluding carboxylic acids is 1. The van der Waals surface area contributed by atoms with Gasteiger partial charge in [-0.1, -0.05) is 41.9 Å². The van der Waals surface area contributed by atoms with Gasteiger partial charge in [0.2, 0.25) is 0 Å². The normalized spacial score (nSPS) is 11.0. The van der Waals surface area contributed by atoms with Crippen LogP contribution < -0.4 is 10.6 Å². The average molecular weight is 410 g/mol. The lowest BCUT2D eigenvalue weighted by Gasteiger charge is -2.11. The van der Waals surface area contributed by atoms with E-state index in [-0.39, 0.29) is 6.03 Å². The van der Waals surface area contributed by atoms with Crippen LogP contribution in [0.15, 0.2) is 60.0 Å². The highest BCUT2D eigenvalue weighted by molar-refractivity contribution is 7.13.